The molecule has 1 saturated heterocycles. The number of rotatable bonds is 8. The van der Waals surface area contributed by atoms with Crippen molar-refractivity contribution < 1.29 is 19.1 Å². The summed E-state index contributed by atoms with van der Waals surface area (Å²) in [5.74, 6) is 0.725. The Hall–Kier alpha value is -3.43. The van der Waals surface area contributed by atoms with Crippen LogP contribution in [0.3, 0.4) is 0 Å². The maximum Gasteiger partial charge on any atom is 0.408 e. The van der Waals surface area contributed by atoms with Crippen molar-refractivity contribution in [3.8, 4) is 16.3 Å². The minimum Gasteiger partial charge on any atom is -0.497 e. The van der Waals surface area contributed by atoms with E-state index in [9.17, 15) is 9.59 Å². The minimum atomic E-state index is -0.643. The zero-order valence-electron chi connectivity index (χ0n) is 20.0. The van der Waals surface area contributed by atoms with Gasteiger partial charge in [-0.25, -0.2) is 9.78 Å². The van der Waals surface area contributed by atoms with E-state index in [4.69, 9.17) is 14.5 Å². The van der Waals surface area contributed by atoms with Gasteiger partial charge in [0.25, 0.3) is 0 Å². The first-order valence-corrected chi connectivity index (χ1v) is 12.5. The third kappa shape index (κ3) is 6.80. The van der Waals surface area contributed by atoms with E-state index in [1.165, 1.54) is 0 Å². The number of aromatic nitrogens is 1. The van der Waals surface area contributed by atoms with Crippen molar-refractivity contribution in [2.24, 2.45) is 0 Å². The Balaban J connectivity index is 1.20. The molecule has 1 fully saturated rings. The molecule has 1 aromatic heterocycles. The normalized spacial score (nSPS) is 14.9. The Labute approximate surface area is 209 Å². The highest BCUT2D eigenvalue weighted by Crippen LogP contribution is 2.26. The van der Waals surface area contributed by atoms with E-state index in [2.05, 4.69) is 15.6 Å². The van der Waals surface area contributed by atoms with E-state index in [1.54, 1.807) is 30.3 Å². The first kappa shape index (κ1) is 24.7. The van der Waals surface area contributed by atoms with E-state index < -0.39 is 12.1 Å². The lowest BCUT2D eigenvalue weighted by atomic mass is 10.2. The summed E-state index contributed by atoms with van der Waals surface area (Å²) in [7, 11) is 1.65. The molecule has 2 aromatic carbocycles. The third-order valence-corrected chi connectivity index (χ3v) is 6.82. The topological polar surface area (TPSA) is 84.0 Å². The Kier molecular flexibility index (Phi) is 8.33. The predicted molar refractivity (Wildman–Crippen MR) is 135 cm³/mol. The molecule has 9 heteroatoms. The molecule has 8 nitrogen and oxygen atoms in total. The summed E-state index contributed by atoms with van der Waals surface area (Å²) in [5, 5.41) is 5.71. The fourth-order valence-electron chi connectivity index (χ4n) is 3.88. The SMILES string of the molecule is COc1ccc(-c2nc(CN3CCN(C(=O)[C@H](C)NC(=O)OCc4ccccc4)CC3)cs2)cc1. The van der Waals surface area contributed by atoms with Gasteiger partial charge < -0.3 is 19.7 Å². The molecule has 0 aliphatic carbocycles. The van der Waals surface area contributed by atoms with Crippen LogP contribution in [0.1, 0.15) is 18.2 Å². The molecule has 4 rings (SSSR count). The summed E-state index contributed by atoms with van der Waals surface area (Å²) in [6.07, 6.45) is -0.593. The first-order chi connectivity index (χ1) is 17.0. The van der Waals surface area contributed by atoms with Crippen LogP contribution in [0, 0.1) is 0 Å². The zero-order chi connectivity index (χ0) is 24.6. The molecule has 1 aliphatic rings. The Bertz CT molecular complexity index is 1110. The summed E-state index contributed by atoms with van der Waals surface area (Å²) < 4.78 is 10.4. The fraction of sp³-hybridized carbons (Fsp3) is 0.346. The van der Waals surface area contributed by atoms with Crippen molar-refractivity contribution in [3.05, 3.63) is 71.2 Å². The Morgan fingerprint density at radius 3 is 2.46 bits per heavy atom. The van der Waals surface area contributed by atoms with E-state index in [0.29, 0.717) is 13.1 Å². The molecule has 0 bridgehead atoms. The standard InChI is InChI=1S/C26H30N4O4S/c1-19(27-26(32)34-17-20-6-4-3-5-7-20)25(31)30-14-12-29(13-15-30)16-22-18-35-24(28-22)21-8-10-23(33-2)11-9-21/h3-11,18-19H,12-17H2,1-2H3,(H,27,32)/t19-/m0/s1. The van der Waals surface area contributed by atoms with Crippen LogP contribution in [0.2, 0.25) is 0 Å². The molecule has 1 aliphatic heterocycles. The van der Waals surface area contributed by atoms with Crippen LogP contribution >= 0.6 is 11.3 Å². The van der Waals surface area contributed by atoms with Gasteiger partial charge in [-0.2, -0.15) is 0 Å². The van der Waals surface area contributed by atoms with Crippen LogP contribution in [0.4, 0.5) is 4.79 Å². The number of amides is 2. The number of piperazine rings is 1. The Morgan fingerprint density at radius 2 is 1.77 bits per heavy atom. The van der Waals surface area contributed by atoms with E-state index in [1.807, 2.05) is 54.6 Å². The van der Waals surface area contributed by atoms with E-state index in [0.717, 1.165) is 47.2 Å². The Morgan fingerprint density at radius 1 is 1.06 bits per heavy atom. The number of methoxy groups -OCH3 is 1. The maximum atomic E-state index is 12.8. The van der Waals surface area contributed by atoms with Crippen molar-refractivity contribution in [2.45, 2.75) is 26.1 Å². The minimum absolute atomic E-state index is 0.100. The van der Waals surface area contributed by atoms with Crippen LogP contribution in [-0.4, -0.2) is 66.1 Å². The second-order valence-electron chi connectivity index (χ2n) is 8.40. The summed E-state index contributed by atoms with van der Waals surface area (Å²) in [5.41, 5.74) is 2.99. The van der Waals surface area contributed by atoms with Crippen molar-refractivity contribution in [2.75, 3.05) is 33.3 Å². The lowest BCUT2D eigenvalue weighted by Crippen LogP contribution is -2.54. The number of benzene rings is 2. The van der Waals surface area contributed by atoms with Gasteiger partial charge >= 0.3 is 6.09 Å². The highest BCUT2D eigenvalue weighted by atomic mass is 32.1. The quantitative estimate of drug-likeness (QED) is 0.513. The molecule has 1 N–H and O–H groups in total. The van der Waals surface area contributed by atoms with Gasteiger partial charge in [-0.1, -0.05) is 30.3 Å². The van der Waals surface area contributed by atoms with Crippen molar-refractivity contribution >= 4 is 23.3 Å². The van der Waals surface area contributed by atoms with Crippen LogP contribution in [-0.2, 0) is 22.7 Å². The number of thiazole rings is 1. The molecule has 184 valence electrons. The number of carbonyl (C=O) groups excluding carboxylic acids is 2. The molecular weight excluding hydrogens is 464 g/mol. The second-order valence-corrected chi connectivity index (χ2v) is 9.26. The lowest BCUT2D eigenvalue weighted by molar-refractivity contribution is -0.134. The molecule has 2 amide bonds. The van der Waals surface area contributed by atoms with Crippen LogP contribution in [0.15, 0.2) is 60.0 Å². The number of alkyl carbamates (subject to hydrolysis) is 1. The van der Waals surface area contributed by atoms with Crippen LogP contribution in [0.5, 0.6) is 5.75 Å². The molecule has 35 heavy (non-hydrogen) atoms. The van der Waals surface area contributed by atoms with Gasteiger partial charge in [0.1, 0.15) is 23.4 Å². The van der Waals surface area contributed by atoms with Gasteiger partial charge in [0.15, 0.2) is 0 Å². The largest absolute Gasteiger partial charge is 0.497 e. The summed E-state index contributed by atoms with van der Waals surface area (Å²) in [6.45, 7) is 5.34. The van der Waals surface area contributed by atoms with Crippen LogP contribution in [0.25, 0.3) is 10.6 Å². The number of ether oxygens (including phenoxy) is 2. The van der Waals surface area contributed by atoms with Gasteiger partial charge in [-0.15, -0.1) is 11.3 Å². The molecule has 0 unspecified atom stereocenters. The van der Waals surface area contributed by atoms with E-state index in [-0.39, 0.29) is 12.5 Å². The molecule has 0 spiro atoms. The number of carbonyl (C=O) groups is 2. The molecule has 3 aromatic rings. The number of nitrogens with zero attached hydrogens (tertiary/aromatic N) is 3. The van der Waals surface area contributed by atoms with Crippen molar-refractivity contribution in [3.63, 3.8) is 0 Å². The second kappa shape index (κ2) is 11.8. The molecule has 0 radical (unpaired) electrons. The monoisotopic (exact) mass is 494 g/mol. The summed E-state index contributed by atoms with van der Waals surface area (Å²) in [6, 6.07) is 16.7. The zero-order valence-corrected chi connectivity index (χ0v) is 20.8. The van der Waals surface area contributed by atoms with Crippen LogP contribution < -0.4 is 10.1 Å². The first-order valence-electron chi connectivity index (χ1n) is 11.6. The highest BCUT2D eigenvalue weighted by molar-refractivity contribution is 7.13. The number of hydrogen-bond donors (Lipinski definition) is 1. The van der Waals surface area contributed by atoms with E-state index >= 15 is 0 Å². The molecule has 2 heterocycles. The van der Waals surface area contributed by atoms with Gasteiger partial charge in [0.2, 0.25) is 5.91 Å². The number of hydrogen-bond acceptors (Lipinski definition) is 7. The lowest BCUT2D eigenvalue weighted by Gasteiger charge is -2.35. The smallest absolute Gasteiger partial charge is 0.408 e. The maximum absolute atomic E-state index is 12.8. The van der Waals surface area contributed by atoms with Gasteiger partial charge in [-0.3, -0.25) is 9.69 Å². The summed E-state index contributed by atoms with van der Waals surface area (Å²) in [4.78, 5) is 33.7. The van der Waals surface area contributed by atoms with Crippen molar-refractivity contribution in [1.29, 1.82) is 0 Å². The third-order valence-electron chi connectivity index (χ3n) is 5.88. The molecular formula is C26H30N4O4S. The molecule has 1 atom stereocenters. The molecule has 0 saturated carbocycles. The summed E-state index contributed by atoms with van der Waals surface area (Å²) >= 11 is 1.63. The van der Waals surface area contributed by atoms with Crippen molar-refractivity contribution in [1.82, 2.24) is 20.1 Å². The van der Waals surface area contributed by atoms with Gasteiger partial charge in [0, 0.05) is 43.7 Å². The van der Waals surface area contributed by atoms with Gasteiger partial charge in [0.05, 0.1) is 12.8 Å². The predicted octanol–water partition coefficient (Wildman–Crippen LogP) is 3.78. The average Bonchev–Trinajstić information content (AvgIpc) is 3.36. The van der Waals surface area contributed by atoms with Gasteiger partial charge in [-0.05, 0) is 36.8 Å². The number of nitrogens with one attached hydrogen (secondary N) is 1. The average molecular weight is 495 g/mol. The fourth-order valence-corrected chi connectivity index (χ4v) is 4.70. The highest BCUT2D eigenvalue weighted by Gasteiger charge is 2.26.